The topological polar surface area (TPSA) is 42.4 Å². The smallest absolute Gasteiger partial charge is 0.410 e. The van der Waals surface area contributed by atoms with Crippen molar-refractivity contribution in [3.05, 3.63) is 23.4 Å². The number of carbonyl (C=O) groups excluding carboxylic acids is 1. The number of rotatable bonds is 1. The van der Waals surface area contributed by atoms with Crippen molar-refractivity contribution in [3.63, 3.8) is 0 Å². The molecule has 0 N–H and O–H groups in total. The Kier molecular flexibility index (Phi) is 4.28. The molecule has 20 heavy (non-hydrogen) atoms. The summed E-state index contributed by atoms with van der Waals surface area (Å²) < 4.78 is 5.47. The van der Waals surface area contributed by atoms with Crippen LogP contribution in [0.15, 0.2) is 17.2 Å². The number of carbonyl (C=O) groups is 1. The van der Waals surface area contributed by atoms with E-state index >= 15 is 0 Å². The van der Waals surface area contributed by atoms with Crippen LogP contribution in [-0.4, -0.2) is 34.4 Å². The zero-order valence-corrected chi connectivity index (χ0v) is 13.6. The molecule has 1 aliphatic heterocycles. The van der Waals surface area contributed by atoms with Gasteiger partial charge in [0.25, 0.3) is 0 Å². The Morgan fingerprint density at radius 1 is 1.45 bits per heavy atom. The third-order valence-corrected chi connectivity index (χ3v) is 3.97. The maximum Gasteiger partial charge on any atom is 0.410 e. The molecule has 2 heterocycles. The van der Waals surface area contributed by atoms with E-state index in [4.69, 9.17) is 4.74 Å². The van der Waals surface area contributed by atoms with Crippen molar-refractivity contribution in [3.8, 4) is 0 Å². The van der Waals surface area contributed by atoms with Crippen LogP contribution in [0.25, 0.3) is 0 Å². The minimum atomic E-state index is -0.460. The molecule has 0 aliphatic carbocycles. The number of ether oxygens (including phenoxy) is 1. The van der Waals surface area contributed by atoms with Gasteiger partial charge in [0.1, 0.15) is 5.60 Å². The molecule has 0 saturated heterocycles. The third kappa shape index (κ3) is 3.26. The highest BCUT2D eigenvalue weighted by Crippen LogP contribution is 2.30. The number of hydrogen-bond donors (Lipinski definition) is 0. The fraction of sp³-hybridized carbons (Fsp3) is 0.600. The molecule has 1 aromatic heterocycles. The van der Waals surface area contributed by atoms with Gasteiger partial charge in [-0.05, 0) is 45.6 Å². The van der Waals surface area contributed by atoms with Crippen molar-refractivity contribution >= 4 is 17.9 Å². The summed E-state index contributed by atoms with van der Waals surface area (Å²) in [4.78, 5) is 18.7. The highest BCUT2D eigenvalue weighted by Gasteiger charge is 2.31. The molecule has 2 rings (SSSR count). The molecule has 1 aliphatic rings. The molecule has 4 nitrogen and oxygen atoms in total. The van der Waals surface area contributed by atoms with E-state index in [1.165, 1.54) is 0 Å². The van der Waals surface area contributed by atoms with E-state index in [1.54, 1.807) is 16.7 Å². The second-order valence-corrected chi connectivity index (χ2v) is 6.82. The van der Waals surface area contributed by atoms with E-state index in [0.29, 0.717) is 6.54 Å². The van der Waals surface area contributed by atoms with Crippen LogP contribution in [0.4, 0.5) is 4.79 Å². The molecular weight excluding hydrogens is 272 g/mol. The predicted octanol–water partition coefficient (Wildman–Crippen LogP) is 3.66. The van der Waals surface area contributed by atoms with Crippen molar-refractivity contribution < 1.29 is 9.53 Å². The van der Waals surface area contributed by atoms with Crippen LogP contribution < -0.4 is 0 Å². The molecule has 5 heteroatoms. The lowest BCUT2D eigenvalue weighted by atomic mass is 9.99. The first-order chi connectivity index (χ1) is 9.31. The highest BCUT2D eigenvalue weighted by atomic mass is 32.2. The average molecular weight is 294 g/mol. The van der Waals surface area contributed by atoms with Gasteiger partial charge < -0.3 is 9.64 Å². The summed E-state index contributed by atoms with van der Waals surface area (Å²) >= 11 is 1.64. The largest absolute Gasteiger partial charge is 0.444 e. The first-order valence-electron chi connectivity index (χ1n) is 6.85. The monoisotopic (exact) mass is 294 g/mol. The lowest BCUT2D eigenvalue weighted by molar-refractivity contribution is 0.0158. The summed E-state index contributed by atoms with van der Waals surface area (Å²) in [5.74, 6) is 0. The van der Waals surface area contributed by atoms with E-state index in [0.717, 1.165) is 22.7 Å². The second kappa shape index (κ2) is 5.64. The molecule has 0 saturated carbocycles. The molecule has 0 aromatic carbocycles. The number of amides is 1. The van der Waals surface area contributed by atoms with Gasteiger partial charge in [-0.25, -0.2) is 9.78 Å². The maximum absolute atomic E-state index is 12.2. The summed E-state index contributed by atoms with van der Waals surface area (Å²) in [5.41, 5.74) is 1.77. The molecule has 0 radical (unpaired) electrons. The lowest BCUT2D eigenvalue weighted by Gasteiger charge is -2.35. The SMILES string of the molecule is CSc1ccc2c(n1)CCN(C(=O)OC(C)(C)C)C2C. The standard InChI is InChI=1S/C15H22N2O2S/c1-10-11-6-7-13(20-5)16-12(11)8-9-17(10)14(18)19-15(2,3)4/h6-7,10H,8-9H2,1-5H3. The minimum absolute atomic E-state index is 0.0111. The van der Waals surface area contributed by atoms with Crippen LogP contribution in [0.5, 0.6) is 0 Å². The Balaban J connectivity index is 2.19. The zero-order valence-electron chi connectivity index (χ0n) is 12.8. The summed E-state index contributed by atoms with van der Waals surface area (Å²) in [6.45, 7) is 8.36. The van der Waals surface area contributed by atoms with Gasteiger partial charge in [0.15, 0.2) is 0 Å². The Bertz CT molecular complexity index is 511. The number of hydrogen-bond acceptors (Lipinski definition) is 4. The molecule has 0 fully saturated rings. The molecule has 1 amide bonds. The maximum atomic E-state index is 12.2. The van der Waals surface area contributed by atoms with Crippen molar-refractivity contribution in [1.82, 2.24) is 9.88 Å². The summed E-state index contributed by atoms with van der Waals surface area (Å²) in [5, 5.41) is 1.03. The fourth-order valence-electron chi connectivity index (χ4n) is 2.34. The first-order valence-corrected chi connectivity index (χ1v) is 8.07. The lowest BCUT2D eigenvalue weighted by Crippen LogP contribution is -2.42. The number of fused-ring (bicyclic) bond motifs is 1. The molecule has 0 spiro atoms. The highest BCUT2D eigenvalue weighted by molar-refractivity contribution is 7.98. The Labute approximate surface area is 124 Å². The van der Waals surface area contributed by atoms with Crippen molar-refractivity contribution in [2.24, 2.45) is 0 Å². The van der Waals surface area contributed by atoms with Gasteiger partial charge >= 0.3 is 6.09 Å². The van der Waals surface area contributed by atoms with Crippen LogP contribution >= 0.6 is 11.8 Å². The van der Waals surface area contributed by atoms with E-state index in [-0.39, 0.29) is 12.1 Å². The number of nitrogens with zero attached hydrogens (tertiary/aromatic N) is 2. The molecule has 1 aromatic rings. The van der Waals surface area contributed by atoms with Crippen LogP contribution in [0.3, 0.4) is 0 Å². The molecular formula is C15H22N2O2S. The number of thioether (sulfide) groups is 1. The van der Waals surface area contributed by atoms with Crippen molar-refractivity contribution in [2.75, 3.05) is 12.8 Å². The second-order valence-electron chi connectivity index (χ2n) is 5.99. The Morgan fingerprint density at radius 3 is 2.75 bits per heavy atom. The zero-order chi connectivity index (χ0) is 14.9. The van der Waals surface area contributed by atoms with Gasteiger partial charge in [0.2, 0.25) is 0 Å². The Hall–Kier alpha value is -1.23. The third-order valence-electron chi connectivity index (χ3n) is 3.33. The van der Waals surface area contributed by atoms with Gasteiger partial charge in [0, 0.05) is 18.7 Å². The predicted molar refractivity (Wildman–Crippen MR) is 81.1 cm³/mol. The summed E-state index contributed by atoms with van der Waals surface area (Å²) in [6.07, 6.45) is 2.56. The molecule has 1 atom stereocenters. The van der Waals surface area contributed by atoms with Crippen molar-refractivity contribution in [1.29, 1.82) is 0 Å². The van der Waals surface area contributed by atoms with Gasteiger partial charge in [-0.3, -0.25) is 0 Å². The van der Waals surface area contributed by atoms with E-state index < -0.39 is 5.60 Å². The van der Waals surface area contributed by atoms with Gasteiger partial charge in [-0.1, -0.05) is 6.07 Å². The van der Waals surface area contributed by atoms with Gasteiger partial charge in [-0.2, -0.15) is 0 Å². The van der Waals surface area contributed by atoms with Crippen LogP contribution in [-0.2, 0) is 11.2 Å². The van der Waals surface area contributed by atoms with Crippen LogP contribution in [0.1, 0.15) is 45.0 Å². The normalized spacial score (nSPS) is 18.6. The van der Waals surface area contributed by atoms with Gasteiger partial charge in [-0.15, -0.1) is 11.8 Å². The molecule has 0 bridgehead atoms. The molecule has 110 valence electrons. The summed E-state index contributed by atoms with van der Waals surface area (Å²) in [6, 6.07) is 4.10. The van der Waals surface area contributed by atoms with E-state index in [1.807, 2.05) is 40.0 Å². The van der Waals surface area contributed by atoms with E-state index in [2.05, 4.69) is 11.1 Å². The van der Waals surface area contributed by atoms with Gasteiger partial charge in [0.05, 0.1) is 11.1 Å². The number of aromatic nitrogens is 1. The number of pyridine rings is 1. The Morgan fingerprint density at radius 2 is 2.15 bits per heavy atom. The quantitative estimate of drug-likeness (QED) is 0.741. The minimum Gasteiger partial charge on any atom is -0.444 e. The van der Waals surface area contributed by atoms with Crippen LogP contribution in [0, 0.1) is 0 Å². The summed E-state index contributed by atoms with van der Waals surface area (Å²) in [7, 11) is 0. The van der Waals surface area contributed by atoms with E-state index in [9.17, 15) is 4.79 Å². The van der Waals surface area contributed by atoms with Crippen molar-refractivity contribution in [2.45, 2.75) is 50.8 Å². The molecule has 1 unspecified atom stereocenters. The van der Waals surface area contributed by atoms with Crippen LogP contribution in [0.2, 0.25) is 0 Å². The fourth-order valence-corrected chi connectivity index (χ4v) is 2.75. The average Bonchev–Trinajstić information content (AvgIpc) is 2.36. The first kappa shape index (κ1) is 15.2.